The lowest BCUT2D eigenvalue weighted by Crippen LogP contribution is -2.24. The van der Waals surface area contributed by atoms with Gasteiger partial charge in [-0.3, -0.25) is 0 Å². The normalized spacial score (nSPS) is 15.3. The summed E-state index contributed by atoms with van der Waals surface area (Å²) in [5.74, 6) is 0.881. The van der Waals surface area contributed by atoms with Gasteiger partial charge in [-0.05, 0) is 23.3 Å². The van der Waals surface area contributed by atoms with E-state index in [-0.39, 0.29) is 0 Å². The summed E-state index contributed by atoms with van der Waals surface area (Å²) in [5.41, 5.74) is 4.90. The Hall–Kier alpha value is -3.40. The second-order valence-corrected chi connectivity index (χ2v) is 6.63. The molecule has 4 rings (SSSR count). The van der Waals surface area contributed by atoms with Crippen molar-refractivity contribution in [3.05, 3.63) is 88.5 Å². The monoisotopic (exact) mass is 372 g/mol. The maximum absolute atomic E-state index is 10.4. The molecule has 0 amide bonds. The second-order valence-electron chi connectivity index (χ2n) is 6.63. The quantitative estimate of drug-likeness (QED) is 0.719. The Kier molecular flexibility index (Phi) is 4.94. The number of nitriles is 1. The molecule has 1 aromatic heterocycles. The van der Waals surface area contributed by atoms with E-state index in [4.69, 9.17) is 4.74 Å². The highest BCUT2D eigenvalue weighted by Crippen LogP contribution is 2.31. The van der Waals surface area contributed by atoms with Crippen molar-refractivity contribution in [2.45, 2.75) is 19.4 Å². The zero-order valence-corrected chi connectivity index (χ0v) is 15.5. The lowest BCUT2D eigenvalue weighted by atomic mass is 9.94. The fourth-order valence-corrected chi connectivity index (χ4v) is 3.40. The van der Waals surface area contributed by atoms with Crippen molar-refractivity contribution < 1.29 is 9.84 Å². The van der Waals surface area contributed by atoms with E-state index in [0.717, 1.165) is 28.2 Å². The summed E-state index contributed by atoms with van der Waals surface area (Å²) in [6.07, 6.45) is 4.78. The van der Waals surface area contributed by atoms with Gasteiger partial charge in [0.15, 0.2) is 6.23 Å². The standard InChI is InChI=1S/C22H20N4O2/c1-28-14-21-24-9-10-26(21)13-15-5-7-16(8-6-15)20-11-19-17(12-23)3-2-4-18(19)22(27)25-20/h2-11,22,25,27H,13-14H2,1H3. The van der Waals surface area contributed by atoms with Gasteiger partial charge in [-0.15, -0.1) is 0 Å². The van der Waals surface area contributed by atoms with E-state index in [1.54, 1.807) is 25.4 Å². The molecular formula is C22H20N4O2. The first kappa shape index (κ1) is 18.0. The van der Waals surface area contributed by atoms with Crippen molar-refractivity contribution in [3.63, 3.8) is 0 Å². The predicted octanol–water partition coefficient (Wildman–Crippen LogP) is 3.04. The molecule has 3 aromatic rings. The molecule has 1 aliphatic heterocycles. The summed E-state index contributed by atoms with van der Waals surface area (Å²) in [7, 11) is 1.66. The van der Waals surface area contributed by atoms with Crippen LogP contribution < -0.4 is 5.32 Å². The molecule has 0 aliphatic carbocycles. The summed E-state index contributed by atoms with van der Waals surface area (Å²) < 4.78 is 7.23. The molecule has 1 unspecified atom stereocenters. The third-order valence-electron chi connectivity index (χ3n) is 4.83. The highest BCUT2D eigenvalue weighted by Gasteiger charge is 2.21. The number of methoxy groups -OCH3 is 1. The number of benzene rings is 2. The van der Waals surface area contributed by atoms with E-state index in [1.807, 2.05) is 42.6 Å². The lowest BCUT2D eigenvalue weighted by molar-refractivity contribution is 0.158. The average molecular weight is 372 g/mol. The number of ether oxygens (including phenoxy) is 1. The van der Waals surface area contributed by atoms with Gasteiger partial charge in [0, 0.05) is 42.9 Å². The van der Waals surface area contributed by atoms with Gasteiger partial charge in [0.1, 0.15) is 12.4 Å². The minimum atomic E-state index is -0.842. The smallest absolute Gasteiger partial charge is 0.151 e. The van der Waals surface area contributed by atoms with Crippen LogP contribution in [0.4, 0.5) is 0 Å². The molecule has 2 heterocycles. The molecule has 140 valence electrons. The van der Waals surface area contributed by atoms with Crippen LogP contribution in [0.2, 0.25) is 0 Å². The molecule has 28 heavy (non-hydrogen) atoms. The second kappa shape index (κ2) is 7.69. The SMILES string of the molecule is COCc1nccn1Cc1ccc(C2=Cc3c(C#N)cccc3C(O)N2)cc1. The Morgan fingerprint density at radius 3 is 2.82 bits per heavy atom. The van der Waals surface area contributed by atoms with E-state index in [9.17, 15) is 10.4 Å². The zero-order valence-electron chi connectivity index (χ0n) is 15.5. The molecule has 0 saturated carbocycles. The van der Waals surface area contributed by atoms with Crippen molar-refractivity contribution in [2.24, 2.45) is 0 Å². The maximum atomic E-state index is 10.4. The van der Waals surface area contributed by atoms with Crippen LogP contribution in [0.25, 0.3) is 11.8 Å². The lowest BCUT2D eigenvalue weighted by Gasteiger charge is -2.25. The molecular weight excluding hydrogens is 352 g/mol. The fourth-order valence-electron chi connectivity index (χ4n) is 3.40. The van der Waals surface area contributed by atoms with Gasteiger partial charge in [-0.1, -0.05) is 36.4 Å². The summed E-state index contributed by atoms with van der Waals surface area (Å²) in [6.45, 7) is 1.18. The molecule has 6 heteroatoms. The Balaban J connectivity index is 1.60. The van der Waals surface area contributed by atoms with Gasteiger partial charge in [-0.2, -0.15) is 5.26 Å². The van der Waals surface area contributed by atoms with Crippen LogP contribution in [0.3, 0.4) is 0 Å². The van der Waals surface area contributed by atoms with Crippen LogP contribution in [0, 0.1) is 11.3 Å². The third-order valence-corrected chi connectivity index (χ3v) is 4.83. The van der Waals surface area contributed by atoms with Crippen molar-refractivity contribution in [1.82, 2.24) is 14.9 Å². The summed E-state index contributed by atoms with van der Waals surface area (Å²) >= 11 is 0. The number of aromatic nitrogens is 2. The molecule has 0 fully saturated rings. The molecule has 1 aliphatic rings. The number of hydrogen-bond acceptors (Lipinski definition) is 5. The van der Waals surface area contributed by atoms with Gasteiger partial charge in [0.2, 0.25) is 0 Å². The van der Waals surface area contributed by atoms with Gasteiger partial charge in [0.25, 0.3) is 0 Å². The van der Waals surface area contributed by atoms with Gasteiger partial charge in [-0.25, -0.2) is 4.98 Å². The topological polar surface area (TPSA) is 83.1 Å². The van der Waals surface area contributed by atoms with Crippen molar-refractivity contribution in [2.75, 3.05) is 7.11 Å². The van der Waals surface area contributed by atoms with Crippen LogP contribution >= 0.6 is 0 Å². The first-order valence-electron chi connectivity index (χ1n) is 8.97. The average Bonchev–Trinajstić information content (AvgIpc) is 3.15. The summed E-state index contributed by atoms with van der Waals surface area (Å²) in [5, 5.41) is 22.9. The number of fused-ring (bicyclic) bond motifs is 1. The number of aliphatic hydroxyl groups excluding tert-OH is 1. The Bertz CT molecular complexity index is 1060. The molecule has 6 nitrogen and oxygen atoms in total. The van der Waals surface area contributed by atoms with Gasteiger partial charge >= 0.3 is 0 Å². The van der Waals surface area contributed by atoms with E-state index in [0.29, 0.717) is 24.3 Å². The van der Waals surface area contributed by atoms with Crippen LogP contribution in [-0.4, -0.2) is 21.8 Å². The van der Waals surface area contributed by atoms with Crippen LogP contribution in [0.5, 0.6) is 0 Å². The highest BCUT2D eigenvalue weighted by molar-refractivity contribution is 5.85. The van der Waals surface area contributed by atoms with Crippen LogP contribution in [-0.2, 0) is 17.9 Å². The van der Waals surface area contributed by atoms with E-state index in [2.05, 4.69) is 20.9 Å². The summed E-state index contributed by atoms with van der Waals surface area (Å²) in [4.78, 5) is 4.30. The predicted molar refractivity (Wildman–Crippen MR) is 106 cm³/mol. The van der Waals surface area contributed by atoms with E-state index >= 15 is 0 Å². The molecule has 1 atom stereocenters. The molecule has 2 N–H and O–H groups in total. The number of imidazole rings is 1. The Morgan fingerprint density at radius 2 is 2.07 bits per heavy atom. The van der Waals surface area contributed by atoms with E-state index < -0.39 is 6.23 Å². The first-order valence-corrected chi connectivity index (χ1v) is 8.97. The zero-order chi connectivity index (χ0) is 19.5. The minimum absolute atomic E-state index is 0.473. The van der Waals surface area contributed by atoms with Gasteiger partial charge in [0.05, 0.1) is 11.6 Å². The largest absolute Gasteiger partial charge is 0.377 e. The van der Waals surface area contributed by atoms with Crippen molar-refractivity contribution in [3.8, 4) is 6.07 Å². The number of hydrogen-bond donors (Lipinski definition) is 2. The van der Waals surface area contributed by atoms with Crippen LogP contribution in [0.15, 0.2) is 54.9 Å². The molecule has 0 radical (unpaired) electrons. The molecule has 0 saturated heterocycles. The number of aliphatic hydroxyl groups is 1. The number of rotatable bonds is 5. The molecule has 2 aromatic carbocycles. The van der Waals surface area contributed by atoms with Crippen molar-refractivity contribution >= 4 is 11.8 Å². The Labute approximate surface area is 163 Å². The Morgan fingerprint density at radius 1 is 1.25 bits per heavy atom. The van der Waals surface area contributed by atoms with Crippen LogP contribution in [0.1, 0.15) is 39.9 Å². The number of nitrogens with one attached hydrogen (secondary N) is 1. The third kappa shape index (κ3) is 3.41. The van der Waals surface area contributed by atoms with E-state index in [1.165, 1.54) is 0 Å². The molecule has 0 spiro atoms. The van der Waals surface area contributed by atoms with Crippen molar-refractivity contribution in [1.29, 1.82) is 5.26 Å². The maximum Gasteiger partial charge on any atom is 0.151 e. The minimum Gasteiger partial charge on any atom is -0.377 e. The fraction of sp³-hybridized carbons (Fsp3) is 0.182. The molecule has 0 bridgehead atoms. The highest BCUT2D eigenvalue weighted by atomic mass is 16.5. The van der Waals surface area contributed by atoms with Gasteiger partial charge < -0.3 is 19.7 Å². The first-order chi connectivity index (χ1) is 13.7. The number of nitrogens with zero attached hydrogens (tertiary/aromatic N) is 3. The summed E-state index contributed by atoms with van der Waals surface area (Å²) in [6, 6.07) is 15.7.